The van der Waals surface area contributed by atoms with Crippen LogP contribution in [-0.2, 0) is 32.1 Å². The van der Waals surface area contributed by atoms with Crippen LogP contribution in [0.2, 0.25) is 13.1 Å². The minimum Gasteiger partial charge on any atom is -0.486 e. The second-order valence-electron chi connectivity index (χ2n) is 15.9. The minimum atomic E-state index is -2.36. The summed E-state index contributed by atoms with van der Waals surface area (Å²) in [6.45, 7) is 15.1. The van der Waals surface area contributed by atoms with E-state index in [0.717, 1.165) is 57.0 Å². The van der Waals surface area contributed by atoms with E-state index in [1.54, 1.807) is 0 Å². The van der Waals surface area contributed by atoms with Crippen molar-refractivity contribution in [1.29, 1.82) is 0 Å². The molecule has 1 radical (unpaired) electrons. The molecular weight excluding hydrogens is 876 g/mol. The minimum absolute atomic E-state index is 0. The first-order valence-electron chi connectivity index (χ1n) is 19.9. The number of imidazole rings is 1. The van der Waals surface area contributed by atoms with E-state index in [4.69, 9.17) is 13.5 Å². The van der Waals surface area contributed by atoms with Crippen LogP contribution < -0.4 is 10.4 Å². The van der Waals surface area contributed by atoms with Crippen LogP contribution in [0.1, 0.15) is 55.6 Å². The third kappa shape index (κ3) is 8.13. The number of hydrogen-bond acceptors (Lipinski definition) is 4. The van der Waals surface area contributed by atoms with Gasteiger partial charge in [-0.05, 0) is 75.2 Å². The van der Waals surface area contributed by atoms with E-state index in [2.05, 4.69) is 129 Å². The summed E-state index contributed by atoms with van der Waals surface area (Å²) >= 11 is 0. The Morgan fingerprint density at radius 3 is 2.36 bits per heavy atom. The van der Waals surface area contributed by atoms with Gasteiger partial charge in [-0.1, -0.05) is 104 Å². The van der Waals surface area contributed by atoms with Gasteiger partial charge in [0.2, 0.25) is 5.71 Å². The maximum absolute atomic E-state index is 14.7. The predicted molar refractivity (Wildman–Crippen MR) is 224 cm³/mol. The summed E-state index contributed by atoms with van der Waals surface area (Å²) < 4.78 is 45.4. The van der Waals surface area contributed by atoms with Crippen molar-refractivity contribution in [3.63, 3.8) is 0 Å². The van der Waals surface area contributed by atoms with E-state index in [0.29, 0.717) is 17.3 Å². The number of pyridine rings is 2. The molecule has 0 spiro atoms. The zero-order valence-corrected chi connectivity index (χ0v) is 35.9. The molecule has 0 saturated heterocycles. The number of rotatable bonds is 6. The van der Waals surface area contributed by atoms with Gasteiger partial charge < -0.3 is 14.0 Å². The Morgan fingerprint density at radius 2 is 1.65 bits per heavy atom. The summed E-state index contributed by atoms with van der Waals surface area (Å²) in [5, 5.41) is 4.62. The molecule has 8 heteroatoms. The fraction of sp³-hybridized carbons (Fsp3) is 0.255. The van der Waals surface area contributed by atoms with Gasteiger partial charge in [-0.25, -0.2) is 4.98 Å². The van der Waals surface area contributed by atoms with Crippen LogP contribution in [0.25, 0.3) is 55.7 Å². The van der Waals surface area contributed by atoms with Crippen molar-refractivity contribution in [2.45, 2.75) is 73.4 Å². The predicted octanol–water partition coefficient (Wildman–Crippen LogP) is 10.9. The van der Waals surface area contributed by atoms with E-state index >= 15 is 0 Å². The van der Waals surface area contributed by atoms with Gasteiger partial charge in [-0.15, -0.1) is 47.5 Å². The topological polar surface area (TPSA) is 56.7 Å². The van der Waals surface area contributed by atoms with Crippen molar-refractivity contribution in [2.24, 2.45) is 5.92 Å². The van der Waals surface area contributed by atoms with Crippen molar-refractivity contribution >= 4 is 51.5 Å². The Hall–Kier alpha value is -4.75. The molecule has 4 heterocycles. The summed E-state index contributed by atoms with van der Waals surface area (Å²) in [7, 11) is -1.98. The second-order valence-corrected chi connectivity index (χ2v) is 20.3. The van der Waals surface area contributed by atoms with E-state index in [1.807, 2.05) is 43.5 Å². The average Bonchev–Trinajstić information content (AvgIpc) is 3.73. The third-order valence-corrected chi connectivity index (χ3v) is 13.4. The zero-order valence-electron chi connectivity index (χ0n) is 35.5. The molecular formula is C47H47FIrN4OSi-2. The molecule has 0 amide bonds. The van der Waals surface area contributed by atoms with Gasteiger partial charge in [-0.2, -0.15) is 0 Å². The van der Waals surface area contributed by atoms with Crippen LogP contribution in [0.5, 0.6) is 0 Å². The number of nitrogens with zero attached hydrogens (tertiary/aromatic N) is 4. The van der Waals surface area contributed by atoms with Gasteiger partial charge in [0.1, 0.15) is 8.07 Å². The summed E-state index contributed by atoms with van der Waals surface area (Å²) in [4.78, 5) is 14.0. The van der Waals surface area contributed by atoms with Gasteiger partial charge in [0, 0.05) is 52.9 Å². The Bertz CT molecular complexity index is 2740. The van der Waals surface area contributed by atoms with Gasteiger partial charge in [-0.3, -0.25) is 9.37 Å². The summed E-state index contributed by atoms with van der Waals surface area (Å²) in [5.74, 6) is 0.741. The van der Waals surface area contributed by atoms with Crippen LogP contribution in [0.3, 0.4) is 0 Å². The fourth-order valence-electron chi connectivity index (χ4n) is 7.19. The first-order chi connectivity index (χ1) is 26.9. The summed E-state index contributed by atoms with van der Waals surface area (Å²) in [5.41, 5.74) is 7.19. The largest absolute Gasteiger partial charge is 0.486 e. The Labute approximate surface area is 342 Å². The van der Waals surface area contributed by atoms with Crippen molar-refractivity contribution < 1.29 is 33.0 Å². The normalized spacial score (nSPS) is 12.9. The van der Waals surface area contributed by atoms with E-state index < -0.39 is 20.7 Å². The number of furan rings is 1. The third-order valence-electron chi connectivity index (χ3n) is 9.82. The van der Waals surface area contributed by atoms with Gasteiger partial charge in [0.15, 0.2) is 0 Å². The molecule has 0 aliphatic rings. The van der Waals surface area contributed by atoms with Crippen molar-refractivity contribution in [3.05, 3.63) is 138 Å². The van der Waals surface area contributed by atoms with Crippen molar-refractivity contribution in [2.75, 3.05) is 0 Å². The Balaban J connectivity index is 0.000000193. The van der Waals surface area contributed by atoms with Gasteiger partial charge in [0.25, 0.3) is 0 Å². The molecule has 55 heavy (non-hydrogen) atoms. The monoisotopic (exact) mass is 926 g/mol. The molecule has 0 fully saturated rings. The maximum atomic E-state index is 14.7. The van der Waals surface area contributed by atoms with E-state index in [9.17, 15) is 4.39 Å². The number of benzene rings is 4. The number of fused-ring (bicyclic) bond motifs is 4. The van der Waals surface area contributed by atoms with Crippen LogP contribution in [0.4, 0.5) is 4.39 Å². The molecule has 0 aliphatic carbocycles. The SMILES string of the molecule is Cc1ccc2c(n1)oc1c[c-]c(-c3nc4ccccc4n3C(C)(C)C)cc12.[2H]C([2H])([2H])c1c[c-]c(-c2cc(CC(C)C)c([Si](C)(C)c3ccccc3)cn2)c(F)c1.[Ir]. The molecule has 0 saturated carbocycles. The van der Waals surface area contributed by atoms with Crippen molar-refractivity contribution in [1.82, 2.24) is 19.5 Å². The molecule has 283 valence electrons. The van der Waals surface area contributed by atoms with Gasteiger partial charge in [0.05, 0.1) is 22.4 Å². The Kier molecular flexibility index (Phi) is 10.3. The standard InChI is InChI=1S/C24H27FNSi.C23H20N3O.Ir/c1-17(2)13-19-15-23(21-12-11-18(3)14-22(21)25)26-16-24(19)27(4,5)20-9-7-6-8-10-20;1-14-9-11-16-17-13-15(10-12-20(17)27-22(16)24-14)21-25-18-7-5-6-8-19(18)26(21)23(2,3)4;/h6-11,14-17H,13H2,1-5H3;5-9,11-13H,1-4H3;/q2*-1;/i3D3;;. The molecule has 8 rings (SSSR count). The van der Waals surface area contributed by atoms with Crippen LogP contribution in [-0.4, -0.2) is 27.6 Å². The first kappa shape index (κ1) is 35.9. The molecule has 0 aliphatic heterocycles. The molecule has 0 bridgehead atoms. The van der Waals surface area contributed by atoms with Crippen LogP contribution in [0, 0.1) is 37.6 Å². The Morgan fingerprint density at radius 1 is 0.909 bits per heavy atom. The number of para-hydroxylation sites is 2. The molecule has 0 N–H and O–H groups in total. The number of aromatic nitrogens is 4. The summed E-state index contributed by atoms with van der Waals surface area (Å²) in [6.07, 6.45) is 2.75. The molecule has 0 unspecified atom stereocenters. The average molecular weight is 926 g/mol. The summed E-state index contributed by atoms with van der Waals surface area (Å²) in [6, 6.07) is 37.4. The smallest absolute Gasteiger partial charge is 0.216 e. The second kappa shape index (κ2) is 15.8. The van der Waals surface area contributed by atoms with Crippen molar-refractivity contribution in [3.8, 4) is 22.6 Å². The van der Waals surface area contributed by atoms with Crippen LogP contribution in [0.15, 0.2) is 108 Å². The van der Waals surface area contributed by atoms with Gasteiger partial charge >= 0.3 is 0 Å². The maximum Gasteiger partial charge on any atom is 0.216 e. The zero-order chi connectivity index (χ0) is 40.9. The molecule has 4 aromatic carbocycles. The fourth-order valence-corrected chi connectivity index (χ4v) is 9.89. The number of hydrogen-bond donors (Lipinski definition) is 0. The van der Waals surface area contributed by atoms with Crippen LogP contribution >= 0.6 is 0 Å². The number of halogens is 1. The molecule has 5 nitrogen and oxygen atoms in total. The molecule has 8 aromatic rings. The molecule has 4 aromatic heterocycles. The van der Waals surface area contributed by atoms with E-state index in [1.165, 1.54) is 22.0 Å². The van der Waals surface area contributed by atoms with E-state index in [-0.39, 0.29) is 36.8 Å². The number of aryl methyl sites for hydroxylation is 2. The first-order valence-corrected chi connectivity index (χ1v) is 21.4. The molecule has 0 atom stereocenters. The quantitative estimate of drug-likeness (QED) is 0.123.